The number of phosphoric acid groups is 1. The quantitative estimate of drug-likeness (QED) is 0.0264. The minimum absolute atomic E-state index is 0.0533. The van der Waals surface area contributed by atoms with Crippen LogP contribution in [0.15, 0.2) is 97.2 Å². The minimum atomic E-state index is -4.40. The number of phosphoric ester groups is 1. The largest absolute Gasteiger partial charge is 0.472 e. The molecular weight excluding hydrogens is 1230 g/mol. The molecule has 9 nitrogen and oxygen atoms in total. The zero-order valence-electron chi connectivity index (χ0n) is 64.5. The molecule has 0 aliphatic heterocycles. The Morgan fingerprint density at radius 3 is 0.837 bits per heavy atom. The summed E-state index contributed by atoms with van der Waals surface area (Å²) in [7, 11) is -4.40. The van der Waals surface area contributed by atoms with Crippen LogP contribution >= 0.6 is 7.82 Å². The van der Waals surface area contributed by atoms with Gasteiger partial charge in [0.05, 0.1) is 13.2 Å². The summed E-state index contributed by atoms with van der Waals surface area (Å²) in [5, 5.41) is 0. The number of ether oxygens (including phenoxy) is 2. The number of nitrogens with two attached hydrogens (primary N) is 1. The number of carbonyl (C=O) groups is 2. The highest BCUT2D eigenvalue weighted by molar-refractivity contribution is 7.47. The smallest absolute Gasteiger partial charge is 0.462 e. The number of rotatable bonds is 80. The van der Waals surface area contributed by atoms with Crippen LogP contribution in [0.5, 0.6) is 0 Å². The molecule has 98 heavy (non-hydrogen) atoms. The van der Waals surface area contributed by atoms with Gasteiger partial charge in [0.1, 0.15) is 6.61 Å². The lowest BCUT2D eigenvalue weighted by atomic mass is 10.0. The van der Waals surface area contributed by atoms with E-state index in [1.165, 1.54) is 295 Å². The van der Waals surface area contributed by atoms with Crippen molar-refractivity contribution in [3.63, 3.8) is 0 Å². The molecule has 0 aromatic carbocycles. The zero-order valence-corrected chi connectivity index (χ0v) is 65.4. The molecule has 0 saturated heterocycles. The first-order valence-corrected chi connectivity index (χ1v) is 43.7. The van der Waals surface area contributed by atoms with Gasteiger partial charge in [0, 0.05) is 19.4 Å². The Morgan fingerprint density at radius 2 is 0.561 bits per heavy atom. The van der Waals surface area contributed by atoms with Crippen LogP contribution in [0.1, 0.15) is 418 Å². The highest BCUT2D eigenvalue weighted by Crippen LogP contribution is 2.43. The van der Waals surface area contributed by atoms with Gasteiger partial charge in [-0.25, -0.2) is 4.57 Å². The van der Waals surface area contributed by atoms with Crippen LogP contribution in [0.3, 0.4) is 0 Å². The lowest BCUT2D eigenvalue weighted by molar-refractivity contribution is -0.161. The molecule has 0 amide bonds. The van der Waals surface area contributed by atoms with E-state index in [0.29, 0.717) is 6.42 Å². The molecule has 0 rings (SSSR count). The Bertz CT molecular complexity index is 1940. The van der Waals surface area contributed by atoms with Crippen molar-refractivity contribution in [3.8, 4) is 0 Å². The summed E-state index contributed by atoms with van der Waals surface area (Å²) >= 11 is 0. The maximum absolute atomic E-state index is 12.8. The Hall–Kier alpha value is -3.07. The maximum atomic E-state index is 12.8. The number of allylic oxidation sites excluding steroid dienone is 16. The summed E-state index contributed by atoms with van der Waals surface area (Å²) in [4.78, 5) is 35.5. The molecule has 0 spiro atoms. The third kappa shape index (κ3) is 81.9. The molecule has 0 saturated carbocycles. The van der Waals surface area contributed by atoms with Crippen LogP contribution in [0.25, 0.3) is 0 Å². The van der Waals surface area contributed by atoms with Crippen molar-refractivity contribution in [2.24, 2.45) is 5.73 Å². The standard InChI is InChI=1S/C88H160NO8P/c1-3-5-7-9-11-13-15-17-19-21-23-25-27-29-31-33-35-37-39-41-42-43-44-45-47-49-51-53-55-57-59-61-63-65-67-69-71-73-75-77-79-81-88(91)97-86(85-96-98(92,93)95-83-82-89)84-94-87(90)80-78-76-74-72-70-68-66-64-62-60-58-56-54-52-50-48-46-40-38-36-34-32-30-28-26-24-22-20-18-16-14-12-10-8-6-4-2/h5,7,11,13,17,19,23,25,29,31,35,37,41-42,44-45,86H,3-4,6,8-10,12,14-16,18,20-22,24,26-28,30,32-34,36,38-40,43,46-85,89H2,1-2H3,(H,92,93)/b7-5-,13-11-,19-17-,25-23-,31-29-,37-35-,42-41-,45-44-. The van der Waals surface area contributed by atoms with Crippen molar-refractivity contribution in [2.75, 3.05) is 26.4 Å². The fourth-order valence-electron chi connectivity index (χ4n) is 12.5. The van der Waals surface area contributed by atoms with E-state index in [2.05, 4.69) is 111 Å². The molecule has 2 atom stereocenters. The Labute approximate surface area is 607 Å². The molecule has 2 unspecified atom stereocenters. The summed E-state index contributed by atoms with van der Waals surface area (Å²) in [6, 6.07) is 0. The summed E-state index contributed by atoms with van der Waals surface area (Å²) in [6.45, 7) is 3.70. The summed E-state index contributed by atoms with van der Waals surface area (Å²) in [5.74, 6) is -0.809. The molecule has 0 aliphatic carbocycles. The Morgan fingerprint density at radius 1 is 0.316 bits per heavy atom. The maximum Gasteiger partial charge on any atom is 0.472 e. The minimum Gasteiger partial charge on any atom is -0.462 e. The predicted octanol–water partition coefficient (Wildman–Crippen LogP) is 28.6. The third-order valence-corrected chi connectivity index (χ3v) is 19.7. The topological polar surface area (TPSA) is 134 Å². The molecule has 0 heterocycles. The fraction of sp³-hybridized carbons (Fsp3) is 0.795. The van der Waals surface area contributed by atoms with Gasteiger partial charge in [-0.15, -0.1) is 0 Å². The molecule has 3 N–H and O–H groups in total. The Kier molecular flexibility index (Phi) is 80.3. The SMILES string of the molecule is CC/C=C\C/C=C\C/C=C\C/C=C\C/C=C\C/C=C\C/C=C\C/C=C\CCCCCCCCCCCCCCCCCCC(=O)OC(COC(=O)CCCCCCCCCCCCCCCCCCCCCCCCCCCCCCCCCCCCCC)COP(=O)(O)OCCN. The molecule has 0 aromatic heterocycles. The average Bonchev–Trinajstić information content (AvgIpc) is 1.36. The van der Waals surface area contributed by atoms with Crippen LogP contribution in [0.4, 0.5) is 0 Å². The number of unbranched alkanes of at least 4 members (excludes halogenated alkanes) is 51. The number of esters is 2. The van der Waals surface area contributed by atoms with Crippen molar-refractivity contribution < 1.29 is 37.6 Å². The van der Waals surface area contributed by atoms with E-state index in [4.69, 9.17) is 24.3 Å². The lowest BCUT2D eigenvalue weighted by Gasteiger charge is -2.19. The van der Waals surface area contributed by atoms with Gasteiger partial charge in [0.25, 0.3) is 0 Å². The second kappa shape index (κ2) is 82.9. The third-order valence-electron chi connectivity index (χ3n) is 18.7. The monoisotopic (exact) mass is 1390 g/mol. The summed E-state index contributed by atoms with van der Waals surface area (Å²) < 4.78 is 33.3. The van der Waals surface area contributed by atoms with Gasteiger partial charge in [0.15, 0.2) is 6.10 Å². The van der Waals surface area contributed by atoms with Crippen LogP contribution in [0, 0.1) is 0 Å². The molecule has 0 radical (unpaired) electrons. The second-order valence-corrected chi connectivity index (χ2v) is 29.8. The highest BCUT2D eigenvalue weighted by atomic mass is 31.2. The fourth-order valence-corrected chi connectivity index (χ4v) is 13.3. The van der Waals surface area contributed by atoms with E-state index < -0.39 is 26.5 Å². The van der Waals surface area contributed by atoms with Crippen molar-refractivity contribution in [2.45, 2.75) is 424 Å². The van der Waals surface area contributed by atoms with Gasteiger partial charge >= 0.3 is 19.8 Å². The van der Waals surface area contributed by atoms with Gasteiger partial charge in [-0.2, -0.15) is 0 Å². The normalized spacial score (nSPS) is 13.3. The van der Waals surface area contributed by atoms with Gasteiger partial charge in [-0.3, -0.25) is 18.6 Å². The first-order valence-electron chi connectivity index (χ1n) is 42.2. The lowest BCUT2D eigenvalue weighted by Crippen LogP contribution is -2.29. The first kappa shape index (κ1) is 94.9. The van der Waals surface area contributed by atoms with Crippen molar-refractivity contribution in [1.29, 1.82) is 0 Å². The molecule has 10 heteroatoms. The predicted molar refractivity (Wildman–Crippen MR) is 427 cm³/mol. The highest BCUT2D eigenvalue weighted by Gasteiger charge is 2.26. The number of hydrogen-bond acceptors (Lipinski definition) is 8. The number of hydrogen-bond donors (Lipinski definition) is 2. The van der Waals surface area contributed by atoms with Gasteiger partial charge in [-0.1, -0.05) is 426 Å². The number of carbonyl (C=O) groups excluding carboxylic acids is 2. The van der Waals surface area contributed by atoms with E-state index in [9.17, 15) is 19.0 Å². The van der Waals surface area contributed by atoms with E-state index in [-0.39, 0.29) is 38.6 Å². The van der Waals surface area contributed by atoms with Crippen LogP contribution in [0.2, 0.25) is 0 Å². The molecular formula is C88H160NO8P. The molecule has 0 aromatic rings. The first-order chi connectivity index (χ1) is 48.3. The molecule has 0 aliphatic rings. The van der Waals surface area contributed by atoms with Crippen LogP contribution in [-0.4, -0.2) is 49.3 Å². The summed E-state index contributed by atoms with van der Waals surface area (Å²) in [6.07, 6.45) is 114. The van der Waals surface area contributed by atoms with Gasteiger partial charge in [-0.05, 0) is 77.0 Å². The van der Waals surface area contributed by atoms with Gasteiger partial charge in [0.2, 0.25) is 0 Å². The molecule has 0 bridgehead atoms. The van der Waals surface area contributed by atoms with E-state index in [0.717, 1.165) is 89.9 Å². The van der Waals surface area contributed by atoms with E-state index in [1.807, 2.05) is 0 Å². The average molecular weight is 1390 g/mol. The van der Waals surface area contributed by atoms with Crippen molar-refractivity contribution >= 4 is 19.8 Å². The Balaban J connectivity index is 3.78. The zero-order chi connectivity index (χ0) is 70.8. The van der Waals surface area contributed by atoms with Gasteiger partial charge < -0.3 is 20.1 Å². The molecule has 0 fully saturated rings. The van der Waals surface area contributed by atoms with E-state index in [1.54, 1.807) is 0 Å². The van der Waals surface area contributed by atoms with Crippen LogP contribution in [-0.2, 0) is 32.7 Å². The second-order valence-electron chi connectivity index (χ2n) is 28.3. The molecule has 570 valence electrons. The van der Waals surface area contributed by atoms with Crippen LogP contribution < -0.4 is 5.73 Å². The summed E-state index contributed by atoms with van der Waals surface area (Å²) in [5.41, 5.74) is 5.42. The van der Waals surface area contributed by atoms with Crippen molar-refractivity contribution in [1.82, 2.24) is 0 Å². The van der Waals surface area contributed by atoms with Crippen molar-refractivity contribution in [3.05, 3.63) is 97.2 Å². The van der Waals surface area contributed by atoms with E-state index >= 15 is 0 Å².